The third-order valence-electron chi connectivity index (χ3n) is 2.58. The number of amides is 1. The van der Waals surface area contributed by atoms with Gasteiger partial charge in [-0.2, -0.15) is 0 Å². The van der Waals surface area contributed by atoms with Crippen LogP contribution in [0.2, 0.25) is 0 Å². The molecule has 0 fully saturated rings. The summed E-state index contributed by atoms with van der Waals surface area (Å²) in [6.45, 7) is 0. The summed E-state index contributed by atoms with van der Waals surface area (Å²) >= 11 is 3.26. The number of hydrogen-bond acceptors (Lipinski definition) is 3. The number of nitrogens with zero attached hydrogens (tertiary/aromatic N) is 1. The first-order chi connectivity index (χ1) is 7.93. The van der Waals surface area contributed by atoms with E-state index in [4.69, 9.17) is 5.73 Å². The first-order valence-electron chi connectivity index (χ1n) is 4.74. The lowest BCUT2D eigenvalue weighted by Crippen LogP contribution is -2.28. The Morgan fingerprint density at radius 1 is 1.47 bits per heavy atom. The van der Waals surface area contributed by atoms with Crippen LogP contribution in [-0.4, -0.2) is 15.6 Å². The van der Waals surface area contributed by atoms with Crippen molar-refractivity contribution in [2.75, 3.05) is 0 Å². The molecular weight excluding hydrogens is 288 g/mol. The van der Waals surface area contributed by atoms with Crippen molar-refractivity contribution < 1.29 is 9.90 Å². The summed E-state index contributed by atoms with van der Waals surface area (Å²) in [5.41, 5.74) is 4.62. The SMILES string of the molecule is Cn1c(=O)c(C(N)=O)c(O)c2cc(Br)ccc21. The molecule has 17 heavy (non-hydrogen) atoms. The molecule has 0 bridgehead atoms. The van der Waals surface area contributed by atoms with Crippen LogP contribution < -0.4 is 11.3 Å². The summed E-state index contributed by atoms with van der Waals surface area (Å²) in [7, 11) is 1.52. The lowest BCUT2D eigenvalue weighted by atomic mass is 10.1. The second kappa shape index (κ2) is 3.89. The number of primary amides is 1. The molecular formula is C11H9BrN2O3. The fourth-order valence-electron chi connectivity index (χ4n) is 1.73. The van der Waals surface area contributed by atoms with Gasteiger partial charge >= 0.3 is 0 Å². The zero-order chi connectivity index (χ0) is 12.7. The molecule has 0 aliphatic rings. The lowest BCUT2D eigenvalue weighted by molar-refractivity contribution is 0.0996. The van der Waals surface area contributed by atoms with E-state index in [0.717, 1.165) is 4.47 Å². The molecule has 0 atom stereocenters. The minimum absolute atomic E-state index is 0.378. The monoisotopic (exact) mass is 296 g/mol. The van der Waals surface area contributed by atoms with Gasteiger partial charge in [-0.05, 0) is 18.2 Å². The number of hydrogen-bond donors (Lipinski definition) is 2. The van der Waals surface area contributed by atoms with Crippen LogP contribution in [0.3, 0.4) is 0 Å². The van der Waals surface area contributed by atoms with Crippen molar-refractivity contribution in [2.45, 2.75) is 0 Å². The van der Waals surface area contributed by atoms with Crippen molar-refractivity contribution in [3.05, 3.63) is 38.6 Å². The molecule has 5 nitrogen and oxygen atoms in total. The van der Waals surface area contributed by atoms with Crippen molar-refractivity contribution in [1.82, 2.24) is 4.57 Å². The number of carbonyl (C=O) groups excluding carboxylic acids is 1. The molecule has 1 heterocycles. The fraction of sp³-hybridized carbons (Fsp3) is 0.0909. The lowest BCUT2D eigenvalue weighted by Gasteiger charge is -2.10. The first kappa shape index (κ1) is 11.7. The van der Waals surface area contributed by atoms with Crippen molar-refractivity contribution in [2.24, 2.45) is 12.8 Å². The Bertz CT molecular complexity index is 691. The van der Waals surface area contributed by atoms with E-state index in [1.54, 1.807) is 18.2 Å². The van der Waals surface area contributed by atoms with Crippen LogP contribution in [0.1, 0.15) is 10.4 Å². The molecule has 0 aliphatic carbocycles. The van der Waals surface area contributed by atoms with Crippen LogP contribution in [0, 0.1) is 0 Å². The molecule has 2 rings (SSSR count). The number of fused-ring (bicyclic) bond motifs is 1. The number of carbonyl (C=O) groups is 1. The van der Waals surface area contributed by atoms with E-state index >= 15 is 0 Å². The topological polar surface area (TPSA) is 85.3 Å². The van der Waals surface area contributed by atoms with E-state index in [2.05, 4.69) is 15.9 Å². The number of aromatic hydroxyl groups is 1. The maximum atomic E-state index is 11.8. The number of rotatable bonds is 1. The van der Waals surface area contributed by atoms with Gasteiger partial charge in [-0.3, -0.25) is 9.59 Å². The standard InChI is InChI=1S/C11H9BrN2O3/c1-14-7-3-2-5(12)4-6(7)9(15)8(10(13)16)11(14)17/h2-4,15H,1H3,(H2,13,16). The van der Waals surface area contributed by atoms with Crippen LogP contribution in [0.25, 0.3) is 10.9 Å². The summed E-state index contributed by atoms with van der Waals surface area (Å²) in [4.78, 5) is 23.0. The number of benzene rings is 1. The highest BCUT2D eigenvalue weighted by Gasteiger charge is 2.18. The van der Waals surface area contributed by atoms with Crippen molar-refractivity contribution in [1.29, 1.82) is 0 Å². The molecule has 1 aromatic carbocycles. The fourth-order valence-corrected chi connectivity index (χ4v) is 2.09. The van der Waals surface area contributed by atoms with Crippen LogP contribution in [0.5, 0.6) is 5.75 Å². The van der Waals surface area contributed by atoms with E-state index in [1.165, 1.54) is 11.6 Å². The summed E-state index contributed by atoms with van der Waals surface area (Å²) in [6, 6.07) is 5.03. The number of halogens is 1. The maximum absolute atomic E-state index is 11.8. The average molecular weight is 297 g/mol. The Labute approximate surface area is 105 Å². The molecule has 0 saturated carbocycles. The van der Waals surface area contributed by atoms with Gasteiger partial charge in [0.15, 0.2) is 0 Å². The van der Waals surface area contributed by atoms with Gasteiger partial charge in [0, 0.05) is 16.9 Å². The molecule has 0 saturated heterocycles. The van der Waals surface area contributed by atoms with E-state index in [-0.39, 0.29) is 5.75 Å². The van der Waals surface area contributed by atoms with Crippen LogP contribution in [0.15, 0.2) is 27.5 Å². The molecule has 2 aromatic rings. The Hall–Kier alpha value is -1.82. The highest BCUT2D eigenvalue weighted by atomic mass is 79.9. The summed E-state index contributed by atoms with van der Waals surface area (Å²) < 4.78 is 2.01. The van der Waals surface area contributed by atoms with Gasteiger partial charge < -0.3 is 15.4 Å². The third kappa shape index (κ3) is 1.70. The largest absolute Gasteiger partial charge is 0.506 e. The van der Waals surface area contributed by atoms with Crippen molar-refractivity contribution in [3.63, 3.8) is 0 Å². The molecule has 6 heteroatoms. The summed E-state index contributed by atoms with van der Waals surface area (Å²) in [5, 5.41) is 10.3. The number of aryl methyl sites for hydroxylation is 1. The highest BCUT2D eigenvalue weighted by molar-refractivity contribution is 9.10. The molecule has 1 aromatic heterocycles. The van der Waals surface area contributed by atoms with Crippen LogP contribution >= 0.6 is 15.9 Å². The van der Waals surface area contributed by atoms with Gasteiger partial charge in [0.2, 0.25) is 0 Å². The van der Waals surface area contributed by atoms with Crippen molar-refractivity contribution >= 4 is 32.7 Å². The molecule has 1 amide bonds. The normalized spacial score (nSPS) is 10.7. The quantitative estimate of drug-likeness (QED) is 0.826. The number of aromatic nitrogens is 1. The minimum Gasteiger partial charge on any atom is -0.506 e. The van der Waals surface area contributed by atoms with Gasteiger partial charge in [-0.25, -0.2) is 0 Å². The molecule has 0 spiro atoms. The first-order valence-corrected chi connectivity index (χ1v) is 5.53. The zero-order valence-corrected chi connectivity index (χ0v) is 10.5. The van der Waals surface area contributed by atoms with Crippen LogP contribution in [0.4, 0.5) is 0 Å². The second-order valence-corrected chi connectivity index (χ2v) is 4.53. The van der Waals surface area contributed by atoms with Gasteiger partial charge in [-0.1, -0.05) is 15.9 Å². The Kier molecular flexibility index (Phi) is 2.66. The van der Waals surface area contributed by atoms with Crippen molar-refractivity contribution in [3.8, 4) is 5.75 Å². The number of pyridine rings is 1. The maximum Gasteiger partial charge on any atom is 0.267 e. The average Bonchev–Trinajstić information content (AvgIpc) is 2.26. The highest BCUT2D eigenvalue weighted by Crippen LogP contribution is 2.28. The molecule has 3 N–H and O–H groups in total. The van der Waals surface area contributed by atoms with Gasteiger partial charge in [-0.15, -0.1) is 0 Å². The Morgan fingerprint density at radius 2 is 2.12 bits per heavy atom. The van der Waals surface area contributed by atoms with E-state index < -0.39 is 17.0 Å². The van der Waals surface area contributed by atoms with Gasteiger partial charge in [0.05, 0.1) is 5.52 Å². The smallest absolute Gasteiger partial charge is 0.267 e. The predicted molar refractivity (Wildman–Crippen MR) is 67.1 cm³/mol. The van der Waals surface area contributed by atoms with Gasteiger partial charge in [0.1, 0.15) is 11.3 Å². The van der Waals surface area contributed by atoms with Crippen LogP contribution in [-0.2, 0) is 7.05 Å². The minimum atomic E-state index is -0.940. The summed E-state index contributed by atoms with van der Waals surface area (Å²) in [5.74, 6) is -1.32. The molecule has 88 valence electrons. The molecule has 0 aliphatic heterocycles. The molecule has 0 unspecified atom stereocenters. The Morgan fingerprint density at radius 3 is 2.71 bits per heavy atom. The zero-order valence-electron chi connectivity index (χ0n) is 8.90. The van der Waals surface area contributed by atoms with E-state index in [0.29, 0.717) is 10.9 Å². The molecule has 0 radical (unpaired) electrons. The van der Waals surface area contributed by atoms with Gasteiger partial charge in [0.25, 0.3) is 11.5 Å². The second-order valence-electron chi connectivity index (χ2n) is 3.61. The Balaban J connectivity index is 3.06. The third-order valence-corrected chi connectivity index (χ3v) is 3.07. The predicted octanol–water partition coefficient (Wildman–Crippen LogP) is 1.11. The van der Waals surface area contributed by atoms with E-state index in [1.807, 2.05) is 0 Å². The van der Waals surface area contributed by atoms with E-state index in [9.17, 15) is 14.7 Å². The number of nitrogens with two attached hydrogens (primary N) is 1. The summed E-state index contributed by atoms with van der Waals surface area (Å²) in [6.07, 6.45) is 0.